The van der Waals surface area contributed by atoms with Crippen LogP contribution in [0.3, 0.4) is 0 Å². The second kappa shape index (κ2) is 11.9. The summed E-state index contributed by atoms with van der Waals surface area (Å²) in [6.45, 7) is -2.76. The third kappa shape index (κ3) is 17.1. The number of alkyl halides is 6. The van der Waals surface area contributed by atoms with Crippen LogP contribution in [0.4, 0.5) is 39.5 Å². The van der Waals surface area contributed by atoms with E-state index in [4.69, 9.17) is 0 Å². The van der Waals surface area contributed by atoms with E-state index in [0.717, 1.165) is 6.92 Å². The van der Waals surface area contributed by atoms with Crippen molar-refractivity contribution in [1.29, 1.82) is 0 Å². The van der Waals surface area contributed by atoms with Gasteiger partial charge in [0, 0.05) is 0 Å². The lowest BCUT2D eigenvalue weighted by Crippen LogP contribution is -2.34. The molecule has 0 bridgehead atoms. The highest BCUT2D eigenvalue weighted by atomic mass is 19.4. The van der Waals surface area contributed by atoms with Crippen LogP contribution in [0, 0.1) is 5.92 Å². The van der Waals surface area contributed by atoms with E-state index < -0.39 is 43.9 Å². The van der Waals surface area contributed by atoms with Gasteiger partial charge in [-0.25, -0.2) is 4.39 Å². The van der Waals surface area contributed by atoms with Crippen LogP contribution in [0.5, 0.6) is 0 Å². The maximum atomic E-state index is 12.4. The smallest absolute Gasteiger partial charge is 0.311 e. The molecule has 0 aliphatic heterocycles. The molecule has 0 saturated heterocycles. The third-order valence-electron chi connectivity index (χ3n) is 1.32. The van der Waals surface area contributed by atoms with E-state index >= 15 is 0 Å². The molecule has 0 N–H and O–H groups in total. The van der Waals surface area contributed by atoms with E-state index in [0.29, 0.717) is 0 Å². The van der Waals surface area contributed by atoms with Crippen molar-refractivity contribution < 1.29 is 44.3 Å². The zero-order chi connectivity index (χ0) is 15.0. The van der Waals surface area contributed by atoms with Crippen molar-refractivity contribution in [1.82, 2.24) is 0 Å². The van der Waals surface area contributed by atoms with Gasteiger partial charge in [-0.05, 0) is 0 Å². The predicted octanol–water partition coefficient (Wildman–Crippen LogP) is 5.73. The molecule has 0 fully saturated rings. The van der Waals surface area contributed by atoms with E-state index in [9.17, 15) is 39.5 Å². The summed E-state index contributed by atoms with van der Waals surface area (Å²) in [4.78, 5) is 0. The van der Waals surface area contributed by atoms with Crippen molar-refractivity contribution in [3.8, 4) is 0 Å². The fourth-order valence-electron chi connectivity index (χ4n) is 0.410. The minimum absolute atomic E-state index is 0. The molecule has 0 aromatic rings. The molecule has 0 aliphatic carbocycles. The predicted molar refractivity (Wildman–Crippen MR) is 57.0 cm³/mol. The van der Waals surface area contributed by atoms with Crippen LogP contribution in [-0.4, -0.2) is 25.6 Å². The molecule has 0 saturated carbocycles. The van der Waals surface area contributed by atoms with Crippen molar-refractivity contribution in [2.75, 3.05) is 13.3 Å². The highest BCUT2D eigenvalue weighted by Crippen LogP contribution is 2.28. The average molecular weight is 324 g/mol. The second-order valence-corrected chi connectivity index (χ2v) is 2.92. The fraction of sp³-hybridized carbons (Fsp3) is 0.800. The Hall–Kier alpha value is -0.930. The first kappa shape index (κ1) is 27.4. The molecule has 0 aromatic carbocycles. The SMILES string of the molecule is C.C.CC(CF)C(F)(F)OCC(F)(F)F.FC=C(F)F. The van der Waals surface area contributed by atoms with Crippen LogP contribution >= 0.6 is 0 Å². The molecule has 0 aliphatic rings. The summed E-state index contributed by atoms with van der Waals surface area (Å²) in [6, 6.07) is 0. The molecule has 20 heavy (non-hydrogen) atoms. The Morgan fingerprint density at radius 1 is 1.10 bits per heavy atom. The zero-order valence-electron chi connectivity index (χ0n) is 8.88. The number of ether oxygens (including phenoxy) is 1. The van der Waals surface area contributed by atoms with Crippen molar-refractivity contribution in [2.24, 2.45) is 5.92 Å². The lowest BCUT2D eigenvalue weighted by Gasteiger charge is -2.21. The number of hydrogen-bond donors (Lipinski definition) is 0. The van der Waals surface area contributed by atoms with Gasteiger partial charge in [-0.2, -0.15) is 30.7 Å². The number of halogens is 9. The van der Waals surface area contributed by atoms with Crippen LogP contribution < -0.4 is 0 Å². The first-order valence-corrected chi connectivity index (χ1v) is 4.22. The van der Waals surface area contributed by atoms with Crippen molar-refractivity contribution in [2.45, 2.75) is 34.1 Å². The number of hydrogen-bond acceptors (Lipinski definition) is 1. The Morgan fingerprint density at radius 3 is 1.65 bits per heavy atom. The van der Waals surface area contributed by atoms with Gasteiger partial charge in [0.15, 0.2) is 6.33 Å². The minimum atomic E-state index is -4.83. The van der Waals surface area contributed by atoms with E-state index in [1.54, 1.807) is 0 Å². The normalized spacial score (nSPS) is 12.1. The van der Waals surface area contributed by atoms with E-state index in [-0.39, 0.29) is 14.9 Å². The molecule has 1 unspecified atom stereocenters. The molecule has 1 atom stereocenters. The highest BCUT2D eigenvalue weighted by Gasteiger charge is 2.42. The molecule has 126 valence electrons. The summed E-state index contributed by atoms with van der Waals surface area (Å²) >= 11 is 0. The van der Waals surface area contributed by atoms with Gasteiger partial charge in [-0.3, -0.25) is 4.39 Å². The zero-order valence-corrected chi connectivity index (χ0v) is 8.88. The van der Waals surface area contributed by atoms with Gasteiger partial charge in [-0.1, -0.05) is 21.8 Å². The van der Waals surface area contributed by atoms with Crippen molar-refractivity contribution in [3.05, 3.63) is 12.4 Å². The van der Waals surface area contributed by atoms with Crippen LogP contribution in [0.15, 0.2) is 12.4 Å². The van der Waals surface area contributed by atoms with Gasteiger partial charge in [0.25, 0.3) is 6.08 Å². The molecule has 0 radical (unpaired) electrons. The van der Waals surface area contributed by atoms with Gasteiger partial charge < -0.3 is 4.74 Å². The fourth-order valence-corrected chi connectivity index (χ4v) is 0.410. The molecular formula is C10H17F9O. The first-order valence-electron chi connectivity index (χ1n) is 4.22. The Bertz CT molecular complexity index is 246. The topological polar surface area (TPSA) is 9.23 Å². The standard InChI is InChI=1S/C6H8F6O.C2HF3.2CH4/c1-4(2-7)6(11,12)13-3-5(8,9)10;3-1-2(4)5;;/h4H,2-3H2,1H3;1H;2*1H4. The van der Waals surface area contributed by atoms with Crippen LogP contribution in [0.25, 0.3) is 0 Å². The Labute approximate surface area is 111 Å². The minimum Gasteiger partial charge on any atom is -0.311 e. The second-order valence-electron chi connectivity index (χ2n) is 2.92. The van der Waals surface area contributed by atoms with Crippen LogP contribution in [0.1, 0.15) is 21.8 Å². The summed E-state index contributed by atoms with van der Waals surface area (Å²) in [5, 5.41) is 0. The molecule has 1 nitrogen and oxygen atoms in total. The molecule has 0 heterocycles. The highest BCUT2D eigenvalue weighted by molar-refractivity contribution is 4.66. The molecule has 0 aromatic heterocycles. The van der Waals surface area contributed by atoms with Gasteiger partial charge in [0.2, 0.25) is 0 Å². The maximum Gasteiger partial charge on any atom is 0.412 e. The van der Waals surface area contributed by atoms with Gasteiger partial charge >= 0.3 is 12.3 Å². The molecule has 10 heteroatoms. The van der Waals surface area contributed by atoms with E-state index in [2.05, 4.69) is 4.74 Å². The molecule has 0 amide bonds. The summed E-state index contributed by atoms with van der Waals surface area (Å²) in [7, 11) is 0. The van der Waals surface area contributed by atoms with Crippen molar-refractivity contribution in [3.63, 3.8) is 0 Å². The first-order chi connectivity index (χ1) is 7.96. The Balaban J connectivity index is -0.000000158. The molecule has 0 rings (SSSR count). The maximum absolute atomic E-state index is 12.4. The Morgan fingerprint density at radius 2 is 1.45 bits per heavy atom. The van der Waals surface area contributed by atoms with Crippen LogP contribution in [0.2, 0.25) is 0 Å². The lowest BCUT2D eigenvalue weighted by atomic mass is 10.2. The molecular weight excluding hydrogens is 307 g/mol. The summed E-state index contributed by atoms with van der Waals surface area (Å²) in [6.07, 6.45) is -12.0. The van der Waals surface area contributed by atoms with Crippen LogP contribution in [-0.2, 0) is 4.74 Å². The Kier molecular flexibility index (Phi) is 16.3. The largest absolute Gasteiger partial charge is 0.412 e. The van der Waals surface area contributed by atoms with E-state index in [1.165, 1.54) is 0 Å². The van der Waals surface area contributed by atoms with Gasteiger partial charge in [-0.15, -0.1) is 0 Å². The monoisotopic (exact) mass is 324 g/mol. The molecule has 0 spiro atoms. The van der Waals surface area contributed by atoms with Crippen molar-refractivity contribution >= 4 is 0 Å². The average Bonchev–Trinajstić information content (AvgIpc) is 2.25. The summed E-state index contributed by atoms with van der Waals surface area (Å²) in [5.74, 6) is -1.88. The van der Waals surface area contributed by atoms with E-state index in [1.807, 2.05) is 0 Å². The van der Waals surface area contributed by atoms with Gasteiger partial charge in [0.1, 0.15) is 13.3 Å². The number of rotatable bonds is 4. The summed E-state index contributed by atoms with van der Waals surface area (Å²) < 4.78 is 105. The van der Waals surface area contributed by atoms with Gasteiger partial charge in [0.05, 0.1) is 5.92 Å². The third-order valence-corrected chi connectivity index (χ3v) is 1.32. The lowest BCUT2D eigenvalue weighted by molar-refractivity contribution is -0.309. The quantitative estimate of drug-likeness (QED) is 0.600. The summed E-state index contributed by atoms with van der Waals surface area (Å²) in [5.41, 5.74) is 0.